The highest BCUT2D eigenvalue weighted by Gasteiger charge is 2.32. The Hall–Kier alpha value is -2.16. The Balaban J connectivity index is 1.59. The molecule has 1 aromatic carbocycles. The van der Waals surface area contributed by atoms with Crippen LogP contribution in [0, 0.1) is 26.7 Å². The summed E-state index contributed by atoms with van der Waals surface area (Å²) in [5.41, 5.74) is 6.12. The van der Waals surface area contributed by atoms with E-state index in [1.807, 2.05) is 32.9 Å². The average Bonchev–Trinajstić information content (AvgIpc) is 3.32. The molecule has 3 atom stereocenters. The van der Waals surface area contributed by atoms with E-state index in [2.05, 4.69) is 28.5 Å². The maximum Gasteiger partial charge on any atom is 0.725 e. The Morgan fingerprint density at radius 1 is 1.24 bits per heavy atom. The molecule has 9 nitrogen and oxygen atoms in total. The number of aromatic nitrogens is 2. The van der Waals surface area contributed by atoms with E-state index in [1.54, 1.807) is 4.68 Å². The normalized spacial score (nSPS) is 16.6. The lowest BCUT2D eigenvalue weighted by molar-refractivity contribution is -0.226. The van der Waals surface area contributed by atoms with E-state index >= 15 is 0 Å². The Morgan fingerprint density at radius 3 is 2.53 bits per heavy atom. The van der Waals surface area contributed by atoms with Gasteiger partial charge in [-0.05, 0) is 68.6 Å². The highest BCUT2D eigenvalue weighted by Crippen LogP contribution is 2.40. The van der Waals surface area contributed by atoms with Crippen molar-refractivity contribution in [1.82, 2.24) is 9.78 Å². The summed E-state index contributed by atoms with van der Waals surface area (Å²) in [6.07, 6.45) is 1.91. The summed E-state index contributed by atoms with van der Waals surface area (Å²) in [6.45, 7) is 9.90. The first-order valence-corrected chi connectivity index (χ1v) is 12.7. The van der Waals surface area contributed by atoms with Crippen molar-refractivity contribution in [1.29, 1.82) is 0 Å². The van der Waals surface area contributed by atoms with Crippen LogP contribution in [0.25, 0.3) is 0 Å². The fourth-order valence-electron chi connectivity index (χ4n) is 4.77. The SMILES string of the molecule is Cc1cc(CCC(=O)n2nc(C)c3c2CCC3C(C)C)cc(C)c1OCC(O)COO[P+](=O)O. The molecule has 1 aliphatic rings. The molecule has 186 valence electrons. The van der Waals surface area contributed by atoms with Crippen LogP contribution in [0.2, 0.25) is 0 Å². The van der Waals surface area contributed by atoms with Crippen molar-refractivity contribution >= 4 is 14.2 Å². The molecule has 2 N–H and O–H groups in total. The summed E-state index contributed by atoms with van der Waals surface area (Å²) in [6, 6.07) is 3.96. The Morgan fingerprint density at radius 2 is 1.91 bits per heavy atom. The fourth-order valence-corrected chi connectivity index (χ4v) is 4.92. The number of carbonyl (C=O) groups is 1. The maximum absolute atomic E-state index is 13.0. The zero-order valence-electron chi connectivity index (χ0n) is 20.4. The Bertz CT molecular complexity index is 1030. The number of aliphatic hydroxyl groups excluding tert-OH is 1. The first-order valence-electron chi connectivity index (χ1n) is 11.6. The van der Waals surface area contributed by atoms with Crippen LogP contribution in [0.5, 0.6) is 5.75 Å². The molecular formula is C24H34N2O7P+. The lowest BCUT2D eigenvalue weighted by atomic mass is 9.90. The summed E-state index contributed by atoms with van der Waals surface area (Å²) < 4.78 is 21.8. The van der Waals surface area contributed by atoms with Gasteiger partial charge < -0.3 is 9.84 Å². The minimum atomic E-state index is -2.88. The third-order valence-corrected chi connectivity index (χ3v) is 6.49. The molecule has 3 unspecified atom stereocenters. The molecule has 10 heteroatoms. The van der Waals surface area contributed by atoms with Crippen molar-refractivity contribution in [2.75, 3.05) is 13.2 Å². The summed E-state index contributed by atoms with van der Waals surface area (Å²) in [5, 5.41) is 14.4. The van der Waals surface area contributed by atoms with Gasteiger partial charge >= 0.3 is 8.25 Å². The molecule has 1 aromatic heterocycles. The quantitative estimate of drug-likeness (QED) is 0.273. The lowest BCUT2D eigenvalue weighted by Crippen LogP contribution is -2.23. The number of hydrogen-bond donors (Lipinski definition) is 2. The predicted octanol–water partition coefficient (Wildman–Crippen LogP) is 4.10. The van der Waals surface area contributed by atoms with Crippen molar-refractivity contribution < 1.29 is 33.7 Å². The lowest BCUT2D eigenvalue weighted by Gasteiger charge is -2.16. The molecule has 34 heavy (non-hydrogen) atoms. The van der Waals surface area contributed by atoms with Gasteiger partial charge in [0.1, 0.15) is 25.1 Å². The van der Waals surface area contributed by atoms with Crippen LogP contribution in [0.1, 0.15) is 71.0 Å². The largest absolute Gasteiger partial charge is 0.725 e. The van der Waals surface area contributed by atoms with E-state index in [4.69, 9.17) is 9.63 Å². The topological polar surface area (TPSA) is 120 Å². The molecule has 0 amide bonds. The Kier molecular flexibility index (Phi) is 8.95. The van der Waals surface area contributed by atoms with Gasteiger partial charge in [-0.25, -0.2) is 4.68 Å². The smallest absolute Gasteiger partial charge is 0.490 e. The van der Waals surface area contributed by atoms with E-state index in [0.29, 0.717) is 30.4 Å². The van der Waals surface area contributed by atoms with Crippen LogP contribution < -0.4 is 4.74 Å². The van der Waals surface area contributed by atoms with Crippen LogP contribution in [0.3, 0.4) is 0 Å². The van der Waals surface area contributed by atoms with Crippen LogP contribution in [-0.2, 0) is 27.0 Å². The van der Waals surface area contributed by atoms with Crippen LogP contribution in [0.4, 0.5) is 0 Å². The monoisotopic (exact) mass is 493 g/mol. The maximum atomic E-state index is 13.0. The Labute approximate surface area is 200 Å². The number of hydrogen-bond acceptors (Lipinski definition) is 7. The third-order valence-electron chi connectivity index (χ3n) is 6.25. The minimum Gasteiger partial charge on any atom is -0.490 e. The molecule has 0 aliphatic heterocycles. The van der Waals surface area contributed by atoms with Crippen molar-refractivity contribution in [3.8, 4) is 5.75 Å². The van der Waals surface area contributed by atoms with E-state index < -0.39 is 14.4 Å². The second kappa shape index (κ2) is 11.5. The molecule has 0 spiro atoms. The second-order valence-electron chi connectivity index (χ2n) is 9.26. The van der Waals surface area contributed by atoms with Gasteiger partial charge in [-0.15, -0.1) is 4.89 Å². The van der Waals surface area contributed by atoms with Crippen LogP contribution in [0.15, 0.2) is 12.1 Å². The molecule has 1 aliphatic carbocycles. The van der Waals surface area contributed by atoms with Gasteiger partial charge in [0.15, 0.2) is 0 Å². The second-order valence-corrected chi connectivity index (χ2v) is 9.89. The van der Waals surface area contributed by atoms with E-state index in [9.17, 15) is 14.5 Å². The molecular weight excluding hydrogens is 459 g/mol. The number of nitrogens with zero attached hydrogens (tertiary/aromatic N) is 2. The summed E-state index contributed by atoms with van der Waals surface area (Å²) >= 11 is 0. The van der Waals surface area contributed by atoms with Crippen LogP contribution >= 0.6 is 8.25 Å². The van der Waals surface area contributed by atoms with E-state index in [1.165, 1.54) is 5.56 Å². The molecule has 2 aromatic rings. The molecule has 3 rings (SSSR count). The van der Waals surface area contributed by atoms with Gasteiger partial charge in [-0.2, -0.15) is 9.99 Å². The van der Waals surface area contributed by atoms with Crippen molar-refractivity contribution in [2.24, 2.45) is 5.92 Å². The van der Waals surface area contributed by atoms with Crippen molar-refractivity contribution in [3.05, 3.63) is 45.8 Å². The van der Waals surface area contributed by atoms with Gasteiger partial charge in [0.05, 0.1) is 16.1 Å². The number of fused-ring (bicyclic) bond motifs is 1. The summed E-state index contributed by atoms with van der Waals surface area (Å²) in [4.78, 5) is 26.0. The average molecular weight is 494 g/mol. The first kappa shape index (κ1) is 26.4. The number of carbonyl (C=O) groups excluding carboxylic acids is 1. The number of aliphatic hydroxyl groups is 1. The molecule has 0 saturated heterocycles. The standard InChI is InChI=1S/C24H33N2O7P/c1-14(2)20-7-8-21-23(20)17(5)25-26(21)22(28)9-6-18-10-15(3)24(16(4)11-18)31-12-19(27)13-32-33-34(29)30/h10-11,14,19-20,27H,6-9,12-13H2,1-5H3/p+1. The van der Waals surface area contributed by atoms with E-state index in [-0.39, 0.29) is 19.1 Å². The summed E-state index contributed by atoms with van der Waals surface area (Å²) in [7, 11) is -2.88. The zero-order chi connectivity index (χ0) is 25.0. The predicted molar refractivity (Wildman–Crippen MR) is 126 cm³/mol. The van der Waals surface area contributed by atoms with E-state index in [0.717, 1.165) is 40.9 Å². The molecule has 0 bridgehead atoms. The molecule has 0 radical (unpaired) electrons. The first-order chi connectivity index (χ1) is 16.1. The summed E-state index contributed by atoms with van der Waals surface area (Å²) in [5.74, 6) is 1.67. The number of benzene rings is 1. The van der Waals surface area contributed by atoms with Gasteiger partial charge in [0.2, 0.25) is 5.91 Å². The number of aryl methyl sites for hydroxylation is 4. The fraction of sp³-hybridized carbons (Fsp3) is 0.583. The number of ether oxygens (including phenoxy) is 1. The van der Waals surface area contributed by atoms with Crippen molar-refractivity contribution in [3.63, 3.8) is 0 Å². The van der Waals surface area contributed by atoms with Gasteiger partial charge in [-0.1, -0.05) is 26.0 Å². The number of rotatable bonds is 11. The van der Waals surface area contributed by atoms with Gasteiger partial charge in [0, 0.05) is 16.5 Å². The zero-order valence-corrected chi connectivity index (χ0v) is 21.3. The highest BCUT2D eigenvalue weighted by molar-refractivity contribution is 7.31. The van der Waals surface area contributed by atoms with Gasteiger partial charge in [-0.3, -0.25) is 4.79 Å². The molecule has 0 saturated carbocycles. The van der Waals surface area contributed by atoms with Crippen molar-refractivity contribution in [2.45, 2.75) is 72.3 Å². The molecule has 0 fully saturated rings. The highest BCUT2D eigenvalue weighted by atomic mass is 31.1. The van der Waals surface area contributed by atoms with Gasteiger partial charge in [0.25, 0.3) is 0 Å². The third kappa shape index (κ3) is 6.29. The van der Waals surface area contributed by atoms with Crippen LogP contribution in [-0.4, -0.2) is 45.0 Å². The molecule has 1 heterocycles. The minimum absolute atomic E-state index is 0.0133.